The summed E-state index contributed by atoms with van der Waals surface area (Å²) in [6.07, 6.45) is 6.29. The molecule has 0 aliphatic carbocycles. The molecule has 5 nitrogen and oxygen atoms in total. The van der Waals surface area contributed by atoms with Gasteiger partial charge in [-0.1, -0.05) is 18.2 Å². The molecule has 3 aromatic rings. The molecule has 0 bridgehead atoms. The fourth-order valence-electron chi connectivity index (χ4n) is 3.27. The lowest BCUT2D eigenvalue weighted by molar-refractivity contribution is 0.232. The number of rotatable bonds is 6. The summed E-state index contributed by atoms with van der Waals surface area (Å²) in [5.41, 5.74) is 2.23. The van der Waals surface area contributed by atoms with Gasteiger partial charge in [-0.25, -0.2) is 0 Å². The molecule has 1 saturated heterocycles. The summed E-state index contributed by atoms with van der Waals surface area (Å²) in [6.45, 7) is 4.75. The maximum absolute atomic E-state index is 6.01. The van der Waals surface area contributed by atoms with Crippen LogP contribution in [-0.2, 0) is 6.54 Å². The van der Waals surface area contributed by atoms with E-state index >= 15 is 0 Å². The molecule has 0 spiro atoms. The molecule has 0 atom stereocenters. The molecule has 0 saturated carbocycles. The van der Waals surface area contributed by atoms with Crippen LogP contribution in [0.1, 0.15) is 18.4 Å². The third-order valence-electron chi connectivity index (χ3n) is 4.52. The first-order valence-corrected chi connectivity index (χ1v) is 8.60. The van der Waals surface area contributed by atoms with E-state index < -0.39 is 0 Å². The van der Waals surface area contributed by atoms with E-state index in [0.717, 1.165) is 28.9 Å². The van der Waals surface area contributed by atoms with Gasteiger partial charge in [0.2, 0.25) is 5.88 Å². The van der Waals surface area contributed by atoms with Crippen molar-refractivity contribution in [3.63, 3.8) is 0 Å². The summed E-state index contributed by atoms with van der Waals surface area (Å²) < 4.78 is 8.01. The van der Waals surface area contributed by atoms with Crippen molar-refractivity contribution in [2.24, 2.45) is 0 Å². The molecule has 5 heteroatoms. The number of hydrogen-bond donors (Lipinski definition) is 0. The number of para-hydroxylation sites is 1. The average Bonchev–Trinajstić information content (AvgIpc) is 3.25. The maximum atomic E-state index is 6.01. The molecule has 1 aliphatic heterocycles. The highest BCUT2D eigenvalue weighted by Gasteiger charge is 2.14. The first-order valence-electron chi connectivity index (χ1n) is 8.60. The molecule has 1 fully saturated rings. The van der Waals surface area contributed by atoms with Crippen LogP contribution in [0.3, 0.4) is 0 Å². The molecule has 124 valence electrons. The van der Waals surface area contributed by atoms with Crippen molar-refractivity contribution < 1.29 is 4.74 Å². The van der Waals surface area contributed by atoms with Crippen LogP contribution < -0.4 is 4.74 Å². The zero-order valence-electron chi connectivity index (χ0n) is 13.8. The molecule has 24 heavy (non-hydrogen) atoms. The zero-order valence-corrected chi connectivity index (χ0v) is 13.8. The number of aromatic nitrogens is 3. The van der Waals surface area contributed by atoms with E-state index in [1.54, 1.807) is 6.20 Å². The van der Waals surface area contributed by atoms with E-state index in [1.807, 2.05) is 29.1 Å². The zero-order chi connectivity index (χ0) is 16.2. The second-order valence-corrected chi connectivity index (χ2v) is 6.24. The number of nitrogens with zero attached hydrogens (tertiary/aromatic N) is 4. The third-order valence-corrected chi connectivity index (χ3v) is 4.52. The van der Waals surface area contributed by atoms with E-state index in [1.165, 1.54) is 25.9 Å². The van der Waals surface area contributed by atoms with Gasteiger partial charge in [0, 0.05) is 18.9 Å². The van der Waals surface area contributed by atoms with Crippen molar-refractivity contribution in [2.75, 3.05) is 26.2 Å². The van der Waals surface area contributed by atoms with Crippen LogP contribution in [0.25, 0.3) is 10.9 Å². The SMILES string of the molecule is c1cncc(Cn2nc(OCCN3CCCC3)c3ccccc32)c1. The molecule has 2 aromatic heterocycles. The first-order chi connectivity index (χ1) is 11.9. The minimum absolute atomic E-state index is 0.688. The van der Waals surface area contributed by atoms with Gasteiger partial charge in [-0.05, 0) is 49.7 Å². The summed E-state index contributed by atoms with van der Waals surface area (Å²) in [7, 11) is 0. The van der Waals surface area contributed by atoms with E-state index in [-0.39, 0.29) is 0 Å². The summed E-state index contributed by atoms with van der Waals surface area (Å²) in [4.78, 5) is 6.64. The molecule has 0 unspecified atom stereocenters. The van der Waals surface area contributed by atoms with Crippen molar-refractivity contribution in [1.82, 2.24) is 19.7 Å². The molecule has 1 aliphatic rings. The van der Waals surface area contributed by atoms with Gasteiger partial charge in [-0.2, -0.15) is 0 Å². The van der Waals surface area contributed by atoms with E-state index in [4.69, 9.17) is 9.84 Å². The van der Waals surface area contributed by atoms with Crippen molar-refractivity contribution in [3.05, 3.63) is 54.4 Å². The molecule has 1 aromatic carbocycles. The Morgan fingerprint density at radius 1 is 1.04 bits per heavy atom. The number of hydrogen-bond acceptors (Lipinski definition) is 4. The lowest BCUT2D eigenvalue weighted by atomic mass is 10.2. The van der Waals surface area contributed by atoms with Gasteiger partial charge in [-0.3, -0.25) is 14.6 Å². The Hall–Kier alpha value is -2.40. The van der Waals surface area contributed by atoms with Crippen LogP contribution in [0, 0.1) is 0 Å². The van der Waals surface area contributed by atoms with Crippen LogP contribution >= 0.6 is 0 Å². The minimum atomic E-state index is 0.688. The second kappa shape index (κ2) is 7.01. The predicted octanol–water partition coefficient (Wildman–Crippen LogP) is 2.95. The Balaban J connectivity index is 1.52. The van der Waals surface area contributed by atoms with Gasteiger partial charge >= 0.3 is 0 Å². The van der Waals surface area contributed by atoms with Gasteiger partial charge in [-0.15, -0.1) is 5.10 Å². The van der Waals surface area contributed by atoms with Crippen molar-refractivity contribution in [2.45, 2.75) is 19.4 Å². The van der Waals surface area contributed by atoms with Crippen molar-refractivity contribution >= 4 is 10.9 Å². The number of fused-ring (bicyclic) bond motifs is 1. The smallest absolute Gasteiger partial charge is 0.240 e. The monoisotopic (exact) mass is 322 g/mol. The maximum Gasteiger partial charge on any atom is 0.240 e. The van der Waals surface area contributed by atoms with Gasteiger partial charge < -0.3 is 4.74 Å². The highest BCUT2D eigenvalue weighted by molar-refractivity contribution is 5.84. The van der Waals surface area contributed by atoms with E-state index in [9.17, 15) is 0 Å². The van der Waals surface area contributed by atoms with Crippen LogP contribution in [0.2, 0.25) is 0 Å². The first kappa shape index (κ1) is 15.1. The molecule has 0 amide bonds. The summed E-state index contributed by atoms with van der Waals surface area (Å²) in [5, 5.41) is 5.77. The largest absolute Gasteiger partial charge is 0.475 e. The van der Waals surface area contributed by atoms with Crippen LogP contribution in [0.4, 0.5) is 0 Å². The van der Waals surface area contributed by atoms with Gasteiger partial charge in [0.25, 0.3) is 0 Å². The quantitative estimate of drug-likeness (QED) is 0.700. The minimum Gasteiger partial charge on any atom is -0.475 e. The number of likely N-dealkylation sites (tertiary alicyclic amines) is 1. The Kier molecular flexibility index (Phi) is 4.42. The molecular formula is C19H22N4O. The second-order valence-electron chi connectivity index (χ2n) is 6.24. The highest BCUT2D eigenvalue weighted by Crippen LogP contribution is 2.25. The normalized spacial score (nSPS) is 15.2. The Morgan fingerprint density at radius 2 is 1.92 bits per heavy atom. The Morgan fingerprint density at radius 3 is 2.75 bits per heavy atom. The Labute approximate surface area is 141 Å². The predicted molar refractivity (Wildman–Crippen MR) is 94.2 cm³/mol. The number of ether oxygens (including phenoxy) is 1. The standard InChI is InChI=1S/C19H22N4O/c1-2-8-18-17(7-1)19(24-13-12-22-10-3-4-11-22)21-23(18)15-16-6-5-9-20-14-16/h1-2,5-9,14H,3-4,10-13,15H2. The lowest BCUT2D eigenvalue weighted by Gasteiger charge is -2.13. The van der Waals surface area contributed by atoms with Crippen molar-refractivity contribution in [3.8, 4) is 5.88 Å². The molecule has 4 rings (SSSR count). The molecule has 0 radical (unpaired) electrons. The lowest BCUT2D eigenvalue weighted by Crippen LogP contribution is -2.25. The summed E-state index contributed by atoms with van der Waals surface area (Å²) in [5.74, 6) is 0.730. The van der Waals surface area contributed by atoms with Crippen molar-refractivity contribution in [1.29, 1.82) is 0 Å². The van der Waals surface area contributed by atoms with Crippen LogP contribution in [-0.4, -0.2) is 45.9 Å². The molecule has 0 N–H and O–H groups in total. The van der Waals surface area contributed by atoms with Gasteiger partial charge in [0.1, 0.15) is 6.61 Å². The van der Waals surface area contributed by atoms with Crippen LogP contribution in [0.15, 0.2) is 48.8 Å². The fourth-order valence-corrected chi connectivity index (χ4v) is 3.27. The topological polar surface area (TPSA) is 43.2 Å². The molecule has 3 heterocycles. The fraction of sp³-hybridized carbons (Fsp3) is 0.368. The number of pyridine rings is 1. The summed E-state index contributed by atoms with van der Waals surface area (Å²) >= 11 is 0. The highest BCUT2D eigenvalue weighted by atomic mass is 16.5. The summed E-state index contributed by atoms with van der Waals surface area (Å²) in [6, 6.07) is 12.3. The number of benzene rings is 1. The average molecular weight is 322 g/mol. The van der Waals surface area contributed by atoms with E-state index in [2.05, 4.69) is 28.1 Å². The molecular weight excluding hydrogens is 300 g/mol. The van der Waals surface area contributed by atoms with Gasteiger partial charge in [0.05, 0.1) is 17.4 Å². The van der Waals surface area contributed by atoms with Gasteiger partial charge in [0.15, 0.2) is 0 Å². The van der Waals surface area contributed by atoms with E-state index in [0.29, 0.717) is 13.2 Å². The third kappa shape index (κ3) is 3.26. The van der Waals surface area contributed by atoms with Crippen LogP contribution in [0.5, 0.6) is 5.88 Å². The Bertz CT molecular complexity index is 793.